The van der Waals surface area contributed by atoms with Crippen molar-refractivity contribution < 1.29 is 14.3 Å². The molecule has 9 heteroatoms. The van der Waals surface area contributed by atoms with Crippen molar-refractivity contribution in [3.8, 4) is 17.1 Å². The minimum absolute atomic E-state index is 0.0282. The molecule has 0 saturated heterocycles. The van der Waals surface area contributed by atoms with Crippen molar-refractivity contribution in [1.82, 2.24) is 20.2 Å². The van der Waals surface area contributed by atoms with Crippen molar-refractivity contribution in [2.75, 3.05) is 31.0 Å². The molecule has 0 fully saturated rings. The molecule has 2 aromatic heterocycles. The van der Waals surface area contributed by atoms with E-state index in [2.05, 4.69) is 20.8 Å². The molecular formula is C30H32N6O3. The fraction of sp³-hybridized carbons (Fsp3) is 0.267. The van der Waals surface area contributed by atoms with E-state index in [0.717, 1.165) is 39.5 Å². The van der Waals surface area contributed by atoms with Gasteiger partial charge in [-0.15, -0.1) is 0 Å². The number of nitrogens with zero attached hydrogens (tertiary/aromatic N) is 3. The van der Waals surface area contributed by atoms with E-state index in [0.29, 0.717) is 36.3 Å². The number of benzene rings is 3. The van der Waals surface area contributed by atoms with Gasteiger partial charge in [0.1, 0.15) is 18.2 Å². The first-order valence-corrected chi connectivity index (χ1v) is 12.9. The molecule has 3 aromatic carbocycles. The summed E-state index contributed by atoms with van der Waals surface area (Å²) in [6, 6.07) is 19.3. The van der Waals surface area contributed by atoms with E-state index in [1.165, 1.54) is 0 Å². The molecule has 39 heavy (non-hydrogen) atoms. The molecule has 3 N–H and O–H groups in total. The minimum Gasteiger partial charge on any atom is -0.491 e. The maximum atomic E-state index is 12.8. The number of aromatic amines is 1. The molecule has 200 valence electrons. The lowest BCUT2D eigenvalue weighted by Gasteiger charge is -2.21. The molecule has 0 radical (unpaired) electrons. The van der Waals surface area contributed by atoms with Crippen LogP contribution in [0.25, 0.3) is 33.2 Å². The Hall–Kier alpha value is -4.50. The number of rotatable bonds is 10. The fourth-order valence-electron chi connectivity index (χ4n) is 4.02. The zero-order valence-electron chi connectivity index (χ0n) is 22.5. The number of amides is 1. The Bertz CT molecular complexity index is 1630. The van der Waals surface area contributed by atoms with Crippen LogP contribution >= 0.6 is 0 Å². The number of ether oxygens (including phenoxy) is 2. The largest absolute Gasteiger partial charge is 0.491 e. The van der Waals surface area contributed by atoms with Gasteiger partial charge in [-0.3, -0.25) is 9.89 Å². The second kappa shape index (κ2) is 11.1. The normalized spacial score (nSPS) is 11.6. The van der Waals surface area contributed by atoms with E-state index in [1.807, 2.05) is 81.4 Å². The van der Waals surface area contributed by atoms with Gasteiger partial charge in [-0.05, 0) is 55.0 Å². The van der Waals surface area contributed by atoms with Gasteiger partial charge in [-0.1, -0.05) is 32.9 Å². The monoisotopic (exact) mass is 524 g/mol. The zero-order chi connectivity index (χ0) is 27.4. The summed E-state index contributed by atoms with van der Waals surface area (Å²) in [6.07, 6.45) is 2.52. The molecule has 5 rings (SSSR count). The van der Waals surface area contributed by atoms with Gasteiger partial charge in [-0.2, -0.15) is 5.10 Å². The van der Waals surface area contributed by atoms with Gasteiger partial charge in [0.15, 0.2) is 5.82 Å². The summed E-state index contributed by atoms with van der Waals surface area (Å²) in [5.41, 5.74) is 3.59. The lowest BCUT2D eigenvalue weighted by atomic mass is 9.89. The zero-order valence-corrected chi connectivity index (χ0v) is 22.5. The summed E-state index contributed by atoms with van der Waals surface area (Å²) in [6.45, 7) is 6.81. The standard InChI is InChI=1S/C30H32N6O3/c1-5-30(2,3)29(37)33-21-8-6-7-19(15-21)27-34-26-12-10-23(39-14-13-38-4)17-24(26)28(35-27)32-22-9-11-25-20(16-22)18-31-36-25/h6-12,15-18H,5,13-14H2,1-4H3,(H,31,36)(H,33,37)(H,32,34,35). The maximum absolute atomic E-state index is 12.8. The van der Waals surface area contributed by atoms with Crippen molar-refractivity contribution in [2.45, 2.75) is 27.2 Å². The molecule has 0 aliphatic rings. The van der Waals surface area contributed by atoms with Crippen LogP contribution in [0.15, 0.2) is 66.9 Å². The van der Waals surface area contributed by atoms with Gasteiger partial charge < -0.3 is 20.1 Å². The number of carbonyl (C=O) groups excluding carboxylic acids is 1. The highest BCUT2D eigenvalue weighted by molar-refractivity contribution is 5.96. The molecule has 0 aliphatic heterocycles. The highest BCUT2D eigenvalue weighted by atomic mass is 16.5. The van der Waals surface area contributed by atoms with E-state index in [9.17, 15) is 4.79 Å². The topological polar surface area (TPSA) is 114 Å². The fourth-order valence-corrected chi connectivity index (χ4v) is 4.02. The van der Waals surface area contributed by atoms with E-state index in [1.54, 1.807) is 13.3 Å². The van der Waals surface area contributed by atoms with E-state index < -0.39 is 5.41 Å². The highest BCUT2D eigenvalue weighted by Gasteiger charge is 2.25. The first-order valence-electron chi connectivity index (χ1n) is 12.9. The Labute approximate surface area is 227 Å². The number of methoxy groups -OCH3 is 1. The summed E-state index contributed by atoms with van der Waals surface area (Å²) in [5.74, 6) is 1.84. The van der Waals surface area contributed by atoms with Crippen molar-refractivity contribution >= 4 is 44.9 Å². The summed E-state index contributed by atoms with van der Waals surface area (Å²) >= 11 is 0. The van der Waals surface area contributed by atoms with Gasteiger partial charge in [0.05, 0.1) is 23.8 Å². The van der Waals surface area contributed by atoms with E-state index in [4.69, 9.17) is 19.4 Å². The average molecular weight is 525 g/mol. The van der Waals surface area contributed by atoms with Crippen LogP contribution < -0.4 is 15.4 Å². The molecule has 0 bridgehead atoms. The number of carbonyl (C=O) groups is 1. The predicted molar refractivity (Wildman–Crippen MR) is 154 cm³/mol. The van der Waals surface area contributed by atoms with Gasteiger partial charge in [0, 0.05) is 40.2 Å². The number of nitrogens with one attached hydrogen (secondary N) is 3. The van der Waals surface area contributed by atoms with Crippen molar-refractivity contribution in [2.24, 2.45) is 5.41 Å². The minimum atomic E-state index is -0.467. The van der Waals surface area contributed by atoms with Crippen molar-refractivity contribution in [3.63, 3.8) is 0 Å². The van der Waals surface area contributed by atoms with Crippen LogP contribution in [0.4, 0.5) is 17.2 Å². The lowest BCUT2D eigenvalue weighted by molar-refractivity contribution is -0.124. The molecule has 0 aliphatic carbocycles. The second-order valence-corrected chi connectivity index (χ2v) is 9.99. The molecule has 5 aromatic rings. The van der Waals surface area contributed by atoms with Gasteiger partial charge in [-0.25, -0.2) is 9.97 Å². The first kappa shape index (κ1) is 26.1. The van der Waals surface area contributed by atoms with Crippen LogP contribution in [0.2, 0.25) is 0 Å². The smallest absolute Gasteiger partial charge is 0.230 e. The third-order valence-corrected chi connectivity index (χ3v) is 6.80. The van der Waals surface area contributed by atoms with Crippen LogP contribution in [0.3, 0.4) is 0 Å². The molecule has 0 saturated carbocycles. The molecule has 2 heterocycles. The van der Waals surface area contributed by atoms with Crippen LogP contribution in [-0.4, -0.2) is 46.4 Å². The maximum Gasteiger partial charge on any atom is 0.230 e. The van der Waals surface area contributed by atoms with E-state index >= 15 is 0 Å². The third-order valence-electron chi connectivity index (χ3n) is 6.80. The summed E-state index contributed by atoms with van der Waals surface area (Å²) in [7, 11) is 1.64. The summed E-state index contributed by atoms with van der Waals surface area (Å²) in [4.78, 5) is 22.5. The van der Waals surface area contributed by atoms with Crippen LogP contribution in [-0.2, 0) is 9.53 Å². The molecule has 9 nitrogen and oxygen atoms in total. The Morgan fingerprint density at radius 1 is 1.00 bits per heavy atom. The Morgan fingerprint density at radius 2 is 1.87 bits per heavy atom. The number of aromatic nitrogens is 4. The molecule has 0 unspecified atom stereocenters. The van der Waals surface area contributed by atoms with Crippen molar-refractivity contribution in [1.29, 1.82) is 0 Å². The van der Waals surface area contributed by atoms with Crippen LogP contribution in [0, 0.1) is 5.41 Å². The Morgan fingerprint density at radius 3 is 2.69 bits per heavy atom. The summed E-state index contributed by atoms with van der Waals surface area (Å²) in [5, 5.41) is 15.4. The Kier molecular flexibility index (Phi) is 7.42. The third kappa shape index (κ3) is 5.83. The highest BCUT2D eigenvalue weighted by Crippen LogP contribution is 2.32. The van der Waals surface area contributed by atoms with Gasteiger partial charge in [0.25, 0.3) is 0 Å². The number of fused-ring (bicyclic) bond motifs is 2. The predicted octanol–water partition coefficient (Wildman–Crippen LogP) is 6.32. The number of anilines is 3. The van der Waals surface area contributed by atoms with Gasteiger partial charge >= 0.3 is 0 Å². The Balaban J connectivity index is 1.54. The van der Waals surface area contributed by atoms with Crippen LogP contribution in [0.5, 0.6) is 5.75 Å². The average Bonchev–Trinajstić information content (AvgIpc) is 3.41. The molecule has 0 atom stereocenters. The van der Waals surface area contributed by atoms with Crippen molar-refractivity contribution in [3.05, 3.63) is 66.9 Å². The number of hydrogen-bond acceptors (Lipinski definition) is 7. The summed E-state index contributed by atoms with van der Waals surface area (Å²) < 4.78 is 11.0. The lowest BCUT2D eigenvalue weighted by Crippen LogP contribution is -2.29. The molecule has 0 spiro atoms. The van der Waals surface area contributed by atoms with Gasteiger partial charge in [0.2, 0.25) is 5.91 Å². The number of hydrogen-bond donors (Lipinski definition) is 3. The first-order chi connectivity index (χ1) is 18.9. The van der Waals surface area contributed by atoms with E-state index in [-0.39, 0.29) is 5.91 Å². The second-order valence-electron chi connectivity index (χ2n) is 9.99. The molecule has 1 amide bonds. The number of H-pyrrole nitrogens is 1. The van der Waals surface area contributed by atoms with Crippen LogP contribution in [0.1, 0.15) is 27.2 Å². The molecular weight excluding hydrogens is 492 g/mol. The quantitative estimate of drug-likeness (QED) is 0.183. The SMILES string of the molecule is CCC(C)(C)C(=O)Nc1cccc(-c2nc(Nc3ccc4[nH]ncc4c3)c3cc(OCCOC)ccc3n2)c1.